The van der Waals surface area contributed by atoms with Crippen LogP contribution in [0.3, 0.4) is 0 Å². The van der Waals surface area contributed by atoms with E-state index < -0.39 is 0 Å². The standard InChI is InChI=1S/C16H20N2O/c1-11-9-12(2)13(3)15(10-11)19-16-14(6-7-17)5-4-8-18-16/h4-5,8-10H,6-7,17H2,1-3H3. The molecule has 3 nitrogen and oxygen atoms in total. The maximum atomic E-state index is 5.99. The lowest BCUT2D eigenvalue weighted by molar-refractivity contribution is 0.452. The zero-order chi connectivity index (χ0) is 13.8. The molecule has 1 heterocycles. The SMILES string of the molecule is Cc1cc(C)c(C)c(Oc2ncccc2CCN)c1. The highest BCUT2D eigenvalue weighted by atomic mass is 16.5. The number of nitrogens with two attached hydrogens (primary N) is 1. The summed E-state index contributed by atoms with van der Waals surface area (Å²) in [4.78, 5) is 4.32. The van der Waals surface area contributed by atoms with Gasteiger partial charge in [0.25, 0.3) is 0 Å². The van der Waals surface area contributed by atoms with Crippen LogP contribution in [0.1, 0.15) is 22.3 Å². The van der Waals surface area contributed by atoms with Gasteiger partial charge in [-0.05, 0) is 62.6 Å². The second-order valence-corrected chi connectivity index (χ2v) is 4.81. The van der Waals surface area contributed by atoms with Crippen LogP contribution in [0.15, 0.2) is 30.5 Å². The normalized spacial score (nSPS) is 10.5. The van der Waals surface area contributed by atoms with Crippen molar-refractivity contribution in [2.45, 2.75) is 27.2 Å². The summed E-state index contributed by atoms with van der Waals surface area (Å²) in [5.74, 6) is 1.52. The molecule has 0 atom stereocenters. The van der Waals surface area contributed by atoms with E-state index in [1.54, 1.807) is 6.20 Å². The van der Waals surface area contributed by atoms with Gasteiger partial charge in [0, 0.05) is 11.8 Å². The van der Waals surface area contributed by atoms with Crippen molar-refractivity contribution in [2.24, 2.45) is 5.73 Å². The summed E-state index contributed by atoms with van der Waals surface area (Å²) in [5, 5.41) is 0. The number of rotatable bonds is 4. The molecule has 0 fully saturated rings. The lowest BCUT2D eigenvalue weighted by Crippen LogP contribution is -2.05. The van der Waals surface area contributed by atoms with Crippen LogP contribution in [-0.2, 0) is 6.42 Å². The zero-order valence-electron chi connectivity index (χ0n) is 11.7. The van der Waals surface area contributed by atoms with E-state index in [0.717, 1.165) is 23.3 Å². The molecule has 1 aromatic heterocycles. The number of aromatic nitrogens is 1. The maximum absolute atomic E-state index is 5.99. The van der Waals surface area contributed by atoms with Gasteiger partial charge in [-0.25, -0.2) is 4.98 Å². The smallest absolute Gasteiger partial charge is 0.222 e. The minimum absolute atomic E-state index is 0.591. The third-order valence-electron chi connectivity index (χ3n) is 3.23. The molecule has 0 spiro atoms. The van der Waals surface area contributed by atoms with Crippen molar-refractivity contribution in [3.05, 3.63) is 52.7 Å². The first-order valence-corrected chi connectivity index (χ1v) is 6.51. The molecule has 0 saturated heterocycles. The molecule has 0 aliphatic heterocycles. The quantitative estimate of drug-likeness (QED) is 0.913. The average molecular weight is 256 g/mol. The van der Waals surface area contributed by atoms with Crippen LogP contribution < -0.4 is 10.5 Å². The van der Waals surface area contributed by atoms with Gasteiger partial charge < -0.3 is 10.5 Å². The third-order valence-corrected chi connectivity index (χ3v) is 3.23. The van der Waals surface area contributed by atoms with Crippen molar-refractivity contribution in [3.8, 4) is 11.6 Å². The third kappa shape index (κ3) is 3.12. The Kier molecular flexibility index (Phi) is 4.17. The lowest BCUT2D eigenvalue weighted by atomic mass is 10.1. The van der Waals surface area contributed by atoms with Gasteiger partial charge in [-0.1, -0.05) is 12.1 Å². The molecular weight excluding hydrogens is 236 g/mol. The molecule has 0 aliphatic carbocycles. The molecule has 2 aromatic rings. The first-order chi connectivity index (χ1) is 9.11. The molecule has 0 amide bonds. The Hall–Kier alpha value is -1.87. The monoisotopic (exact) mass is 256 g/mol. The first kappa shape index (κ1) is 13.6. The molecule has 19 heavy (non-hydrogen) atoms. The van der Waals surface area contributed by atoms with Gasteiger partial charge >= 0.3 is 0 Å². The predicted octanol–water partition coefficient (Wildman–Crippen LogP) is 3.30. The van der Waals surface area contributed by atoms with Crippen molar-refractivity contribution < 1.29 is 4.74 Å². The Labute approximate surface area is 114 Å². The fraction of sp³-hybridized carbons (Fsp3) is 0.312. The van der Waals surface area contributed by atoms with Gasteiger partial charge in [-0.2, -0.15) is 0 Å². The number of pyridine rings is 1. The summed E-state index contributed by atoms with van der Waals surface area (Å²) in [5.41, 5.74) is 10.2. The summed E-state index contributed by atoms with van der Waals surface area (Å²) in [6.45, 7) is 6.82. The minimum atomic E-state index is 0.591. The Morgan fingerprint density at radius 3 is 2.74 bits per heavy atom. The molecular formula is C16H20N2O. The van der Waals surface area contributed by atoms with Crippen LogP contribution in [0.25, 0.3) is 0 Å². The van der Waals surface area contributed by atoms with Gasteiger partial charge in [-0.3, -0.25) is 0 Å². The highest BCUT2D eigenvalue weighted by molar-refractivity contribution is 5.44. The average Bonchev–Trinajstić information content (AvgIpc) is 2.38. The van der Waals surface area contributed by atoms with Crippen molar-refractivity contribution in [3.63, 3.8) is 0 Å². The van der Waals surface area contributed by atoms with Gasteiger partial charge in [0.1, 0.15) is 5.75 Å². The highest BCUT2D eigenvalue weighted by Crippen LogP contribution is 2.29. The number of hydrogen-bond acceptors (Lipinski definition) is 3. The van der Waals surface area contributed by atoms with Crippen molar-refractivity contribution in [1.82, 2.24) is 4.98 Å². The number of ether oxygens (including phenoxy) is 1. The minimum Gasteiger partial charge on any atom is -0.438 e. The van der Waals surface area contributed by atoms with E-state index in [4.69, 9.17) is 10.5 Å². The lowest BCUT2D eigenvalue weighted by Gasteiger charge is -2.13. The topological polar surface area (TPSA) is 48.1 Å². The summed E-state index contributed by atoms with van der Waals surface area (Å²) < 4.78 is 5.99. The molecule has 2 N–H and O–H groups in total. The summed E-state index contributed by atoms with van der Waals surface area (Å²) in [6.07, 6.45) is 2.51. The van der Waals surface area contributed by atoms with Crippen LogP contribution >= 0.6 is 0 Å². The highest BCUT2D eigenvalue weighted by Gasteiger charge is 2.09. The predicted molar refractivity (Wildman–Crippen MR) is 77.7 cm³/mol. The fourth-order valence-electron chi connectivity index (χ4n) is 2.07. The molecule has 0 bridgehead atoms. The van der Waals surface area contributed by atoms with E-state index in [9.17, 15) is 0 Å². The summed E-state index contributed by atoms with van der Waals surface area (Å²) in [7, 11) is 0. The van der Waals surface area contributed by atoms with Crippen LogP contribution in [-0.4, -0.2) is 11.5 Å². The molecule has 100 valence electrons. The number of hydrogen-bond donors (Lipinski definition) is 1. The summed E-state index contributed by atoms with van der Waals surface area (Å²) >= 11 is 0. The fourth-order valence-corrected chi connectivity index (χ4v) is 2.07. The van der Waals surface area contributed by atoms with Crippen molar-refractivity contribution in [2.75, 3.05) is 6.54 Å². The Morgan fingerprint density at radius 1 is 1.21 bits per heavy atom. The molecule has 3 heteroatoms. The van der Waals surface area contributed by atoms with Crippen LogP contribution in [0, 0.1) is 20.8 Å². The number of aryl methyl sites for hydroxylation is 2. The Bertz CT molecular complexity index is 579. The Morgan fingerprint density at radius 2 is 2.00 bits per heavy atom. The van der Waals surface area contributed by atoms with E-state index >= 15 is 0 Å². The summed E-state index contributed by atoms with van der Waals surface area (Å²) in [6, 6.07) is 8.12. The molecule has 0 aliphatic rings. The van der Waals surface area contributed by atoms with Crippen molar-refractivity contribution in [1.29, 1.82) is 0 Å². The van der Waals surface area contributed by atoms with Gasteiger partial charge in [0.05, 0.1) is 0 Å². The van der Waals surface area contributed by atoms with E-state index in [-0.39, 0.29) is 0 Å². The Balaban J connectivity index is 2.36. The molecule has 0 saturated carbocycles. The second kappa shape index (κ2) is 5.85. The van der Waals surface area contributed by atoms with Crippen LogP contribution in [0.5, 0.6) is 11.6 Å². The molecule has 0 unspecified atom stereocenters. The van der Waals surface area contributed by atoms with Gasteiger partial charge in [0.15, 0.2) is 0 Å². The number of benzene rings is 1. The van der Waals surface area contributed by atoms with Crippen molar-refractivity contribution >= 4 is 0 Å². The zero-order valence-corrected chi connectivity index (χ0v) is 11.7. The largest absolute Gasteiger partial charge is 0.438 e. The van der Waals surface area contributed by atoms with Gasteiger partial charge in [0.2, 0.25) is 5.88 Å². The van der Waals surface area contributed by atoms with Gasteiger partial charge in [-0.15, -0.1) is 0 Å². The van der Waals surface area contributed by atoms with E-state index in [2.05, 4.69) is 31.8 Å². The first-order valence-electron chi connectivity index (χ1n) is 6.51. The maximum Gasteiger partial charge on any atom is 0.222 e. The molecule has 0 radical (unpaired) electrons. The van der Waals surface area contributed by atoms with E-state index in [0.29, 0.717) is 12.4 Å². The van der Waals surface area contributed by atoms with E-state index in [1.807, 2.05) is 18.2 Å². The second-order valence-electron chi connectivity index (χ2n) is 4.81. The van der Waals surface area contributed by atoms with Crippen LogP contribution in [0.2, 0.25) is 0 Å². The number of nitrogens with zero attached hydrogens (tertiary/aromatic N) is 1. The van der Waals surface area contributed by atoms with E-state index in [1.165, 1.54) is 11.1 Å². The molecule has 1 aromatic carbocycles. The molecule has 2 rings (SSSR count). The van der Waals surface area contributed by atoms with Crippen LogP contribution in [0.4, 0.5) is 0 Å².